The normalized spacial score (nSPS) is 19.3. The minimum absolute atomic E-state index is 0.452. The molecule has 19 heavy (non-hydrogen) atoms. The van der Waals surface area contributed by atoms with Crippen molar-refractivity contribution in [2.75, 3.05) is 13.1 Å². The van der Waals surface area contributed by atoms with E-state index < -0.39 is 0 Å². The van der Waals surface area contributed by atoms with E-state index in [1.165, 1.54) is 12.8 Å². The highest BCUT2D eigenvalue weighted by Crippen LogP contribution is 2.23. The van der Waals surface area contributed by atoms with E-state index in [9.17, 15) is 0 Å². The van der Waals surface area contributed by atoms with Gasteiger partial charge in [0.2, 0.25) is 0 Å². The zero-order chi connectivity index (χ0) is 13.1. The van der Waals surface area contributed by atoms with Crippen LogP contribution >= 0.6 is 11.6 Å². The van der Waals surface area contributed by atoms with E-state index in [0.29, 0.717) is 5.92 Å². The number of piperidine rings is 1. The van der Waals surface area contributed by atoms with Crippen LogP contribution in [0.3, 0.4) is 0 Å². The summed E-state index contributed by atoms with van der Waals surface area (Å²) in [5.74, 6) is 1.40. The fourth-order valence-electron chi connectivity index (χ4n) is 2.41. The lowest BCUT2D eigenvalue weighted by molar-refractivity contribution is 0.446. The first-order valence-corrected chi connectivity index (χ1v) is 6.99. The summed E-state index contributed by atoms with van der Waals surface area (Å²) in [4.78, 5) is 9.03. The molecular weight excluding hydrogens is 258 g/mol. The van der Waals surface area contributed by atoms with Gasteiger partial charge in [-0.2, -0.15) is 0 Å². The lowest BCUT2D eigenvalue weighted by Gasteiger charge is -2.21. The Labute approximate surface area is 118 Å². The van der Waals surface area contributed by atoms with Crippen LogP contribution in [-0.2, 0) is 0 Å². The maximum Gasteiger partial charge on any atom is 0.132 e. The molecule has 4 heteroatoms. The third-order valence-corrected chi connectivity index (χ3v) is 3.76. The minimum Gasteiger partial charge on any atom is -0.316 e. The molecule has 1 atom stereocenters. The van der Waals surface area contributed by atoms with Crippen molar-refractivity contribution in [2.45, 2.75) is 18.8 Å². The second-order valence-corrected chi connectivity index (χ2v) is 5.32. The van der Waals surface area contributed by atoms with Crippen LogP contribution in [0.2, 0.25) is 5.02 Å². The maximum atomic E-state index is 5.89. The Morgan fingerprint density at radius 3 is 2.42 bits per heavy atom. The number of aromatic nitrogens is 2. The topological polar surface area (TPSA) is 37.8 Å². The van der Waals surface area contributed by atoms with Crippen molar-refractivity contribution >= 4 is 11.6 Å². The van der Waals surface area contributed by atoms with E-state index in [1.807, 2.05) is 36.7 Å². The van der Waals surface area contributed by atoms with Gasteiger partial charge in [0.25, 0.3) is 0 Å². The first kappa shape index (κ1) is 12.6. The molecule has 2 heterocycles. The van der Waals surface area contributed by atoms with E-state index in [0.717, 1.165) is 35.1 Å². The first-order valence-electron chi connectivity index (χ1n) is 6.61. The summed E-state index contributed by atoms with van der Waals surface area (Å²) >= 11 is 5.89. The molecule has 0 saturated carbocycles. The average molecular weight is 274 g/mol. The molecule has 0 aliphatic carbocycles. The van der Waals surface area contributed by atoms with Crippen molar-refractivity contribution in [3.8, 4) is 11.1 Å². The van der Waals surface area contributed by atoms with Crippen LogP contribution in [0.4, 0.5) is 0 Å². The summed E-state index contributed by atoms with van der Waals surface area (Å²) in [6.07, 6.45) is 6.18. The van der Waals surface area contributed by atoms with E-state index >= 15 is 0 Å². The Bertz CT molecular complexity index is 530. The van der Waals surface area contributed by atoms with Crippen LogP contribution < -0.4 is 5.32 Å². The summed E-state index contributed by atoms with van der Waals surface area (Å²) < 4.78 is 0. The number of nitrogens with zero attached hydrogens (tertiary/aromatic N) is 2. The van der Waals surface area contributed by atoms with Crippen LogP contribution in [0.5, 0.6) is 0 Å². The largest absolute Gasteiger partial charge is 0.316 e. The summed E-state index contributed by atoms with van der Waals surface area (Å²) in [5.41, 5.74) is 2.13. The molecule has 1 aliphatic rings. The Balaban J connectivity index is 1.80. The molecule has 1 aromatic carbocycles. The molecule has 3 rings (SSSR count). The van der Waals surface area contributed by atoms with Crippen molar-refractivity contribution in [3.63, 3.8) is 0 Å². The van der Waals surface area contributed by atoms with Gasteiger partial charge in [-0.05, 0) is 37.1 Å². The molecule has 1 unspecified atom stereocenters. The average Bonchev–Trinajstić information content (AvgIpc) is 2.49. The zero-order valence-electron chi connectivity index (χ0n) is 10.6. The van der Waals surface area contributed by atoms with Gasteiger partial charge in [-0.1, -0.05) is 23.7 Å². The SMILES string of the molecule is Clc1ccc(-c2cnc(C3CCCNC3)nc2)cc1. The van der Waals surface area contributed by atoms with E-state index in [4.69, 9.17) is 11.6 Å². The van der Waals surface area contributed by atoms with Gasteiger partial charge in [-0.15, -0.1) is 0 Å². The molecule has 1 aliphatic heterocycles. The van der Waals surface area contributed by atoms with Crippen LogP contribution in [0.25, 0.3) is 11.1 Å². The molecule has 1 aromatic heterocycles. The summed E-state index contributed by atoms with van der Waals surface area (Å²) in [7, 11) is 0. The van der Waals surface area contributed by atoms with E-state index in [1.54, 1.807) is 0 Å². The second kappa shape index (κ2) is 5.68. The predicted octanol–water partition coefficient (Wildman–Crippen LogP) is 3.26. The van der Waals surface area contributed by atoms with Crippen molar-refractivity contribution in [3.05, 3.63) is 47.5 Å². The number of benzene rings is 1. The Morgan fingerprint density at radius 2 is 1.79 bits per heavy atom. The quantitative estimate of drug-likeness (QED) is 0.913. The summed E-state index contributed by atoms with van der Waals surface area (Å²) in [6, 6.07) is 7.75. The van der Waals surface area contributed by atoms with Gasteiger partial charge < -0.3 is 5.32 Å². The molecular formula is C15H16ClN3. The van der Waals surface area contributed by atoms with Crippen LogP contribution in [0, 0.1) is 0 Å². The molecule has 3 nitrogen and oxygen atoms in total. The third-order valence-electron chi connectivity index (χ3n) is 3.51. The Morgan fingerprint density at radius 1 is 1.05 bits per heavy atom. The van der Waals surface area contributed by atoms with Gasteiger partial charge in [-0.25, -0.2) is 9.97 Å². The highest BCUT2D eigenvalue weighted by atomic mass is 35.5. The number of hydrogen-bond donors (Lipinski definition) is 1. The van der Waals surface area contributed by atoms with Gasteiger partial charge >= 0.3 is 0 Å². The lowest BCUT2D eigenvalue weighted by Crippen LogP contribution is -2.29. The highest BCUT2D eigenvalue weighted by Gasteiger charge is 2.17. The maximum absolute atomic E-state index is 5.89. The Hall–Kier alpha value is -1.45. The van der Waals surface area contributed by atoms with Gasteiger partial charge in [0, 0.05) is 35.4 Å². The van der Waals surface area contributed by atoms with E-state index in [-0.39, 0.29) is 0 Å². The summed E-state index contributed by atoms with van der Waals surface area (Å²) in [5, 5.41) is 4.14. The van der Waals surface area contributed by atoms with Gasteiger partial charge in [-0.3, -0.25) is 0 Å². The highest BCUT2D eigenvalue weighted by molar-refractivity contribution is 6.30. The fraction of sp³-hybridized carbons (Fsp3) is 0.333. The van der Waals surface area contributed by atoms with Crippen molar-refractivity contribution < 1.29 is 0 Å². The lowest BCUT2D eigenvalue weighted by atomic mass is 9.99. The first-order chi connectivity index (χ1) is 9.33. The molecule has 1 fully saturated rings. The fourth-order valence-corrected chi connectivity index (χ4v) is 2.54. The minimum atomic E-state index is 0.452. The zero-order valence-corrected chi connectivity index (χ0v) is 11.4. The van der Waals surface area contributed by atoms with Crippen LogP contribution in [-0.4, -0.2) is 23.1 Å². The van der Waals surface area contributed by atoms with Crippen LogP contribution in [0.15, 0.2) is 36.7 Å². The van der Waals surface area contributed by atoms with Crippen molar-refractivity contribution in [1.82, 2.24) is 15.3 Å². The van der Waals surface area contributed by atoms with Gasteiger partial charge in [0.15, 0.2) is 0 Å². The molecule has 0 bridgehead atoms. The summed E-state index contributed by atoms with van der Waals surface area (Å²) in [6.45, 7) is 2.10. The second-order valence-electron chi connectivity index (χ2n) is 4.88. The Kier molecular flexibility index (Phi) is 3.76. The monoisotopic (exact) mass is 273 g/mol. The smallest absolute Gasteiger partial charge is 0.132 e. The van der Waals surface area contributed by atoms with Gasteiger partial charge in [0.1, 0.15) is 5.82 Å². The molecule has 98 valence electrons. The van der Waals surface area contributed by atoms with Crippen molar-refractivity contribution in [2.24, 2.45) is 0 Å². The molecule has 2 aromatic rings. The molecule has 0 radical (unpaired) electrons. The molecule has 1 saturated heterocycles. The molecule has 0 amide bonds. The number of nitrogens with one attached hydrogen (secondary N) is 1. The third kappa shape index (κ3) is 2.94. The van der Waals surface area contributed by atoms with E-state index in [2.05, 4.69) is 15.3 Å². The standard InChI is InChI=1S/C15H16ClN3/c16-14-5-3-11(4-6-14)13-9-18-15(19-10-13)12-2-1-7-17-8-12/h3-6,9-10,12,17H,1-2,7-8H2. The number of hydrogen-bond acceptors (Lipinski definition) is 3. The van der Waals surface area contributed by atoms with Crippen LogP contribution in [0.1, 0.15) is 24.6 Å². The molecule has 1 N–H and O–H groups in total. The predicted molar refractivity (Wildman–Crippen MR) is 77.3 cm³/mol. The number of rotatable bonds is 2. The van der Waals surface area contributed by atoms with Crippen molar-refractivity contribution in [1.29, 1.82) is 0 Å². The number of halogens is 1. The van der Waals surface area contributed by atoms with Gasteiger partial charge in [0.05, 0.1) is 0 Å². The molecule has 0 spiro atoms.